The molecule has 8 nitrogen and oxygen atoms in total. The van der Waals surface area contributed by atoms with Crippen LogP contribution in [-0.2, 0) is 11.2 Å². The number of nitrogens with one attached hydrogen (secondary N) is 2. The summed E-state index contributed by atoms with van der Waals surface area (Å²) in [6, 6.07) is 15.1. The molecule has 0 bridgehead atoms. The van der Waals surface area contributed by atoms with E-state index < -0.39 is 0 Å². The maximum atomic E-state index is 11.2. The lowest BCUT2D eigenvalue weighted by Crippen LogP contribution is -2.52. The first-order valence-electron chi connectivity index (χ1n) is 12.4. The van der Waals surface area contributed by atoms with Gasteiger partial charge in [0.2, 0.25) is 5.91 Å². The summed E-state index contributed by atoms with van der Waals surface area (Å²) in [6.45, 7) is 8.11. The molecule has 0 radical (unpaired) electrons. The number of piperazine rings is 1. The van der Waals surface area contributed by atoms with Gasteiger partial charge in [0.05, 0.1) is 0 Å². The summed E-state index contributed by atoms with van der Waals surface area (Å²) in [4.78, 5) is 19.7. The second-order valence-corrected chi connectivity index (χ2v) is 9.43. The first kappa shape index (κ1) is 23.1. The van der Waals surface area contributed by atoms with Gasteiger partial charge in [-0.3, -0.25) is 14.3 Å². The number of fused-ring (bicyclic) bond motifs is 1. The molecular formula is C27H33N7O. The molecule has 1 saturated heterocycles. The zero-order chi connectivity index (χ0) is 24.2. The van der Waals surface area contributed by atoms with Gasteiger partial charge < -0.3 is 15.2 Å². The summed E-state index contributed by atoms with van der Waals surface area (Å²) >= 11 is 0. The van der Waals surface area contributed by atoms with Crippen LogP contribution in [0, 0.1) is 0 Å². The highest BCUT2D eigenvalue weighted by molar-refractivity contribution is 5.88. The summed E-state index contributed by atoms with van der Waals surface area (Å²) in [5.41, 5.74) is 5.69. The Kier molecular flexibility index (Phi) is 6.81. The van der Waals surface area contributed by atoms with Gasteiger partial charge in [0.15, 0.2) is 0 Å². The molecule has 2 aromatic heterocycles. The van der Waals surface area contributed by atoms with Crippen molar-refractivity contribution in [1.82, 2.24) is 24.6 Å². The maximum absolute atomic E-state index is 11.2. The van der Waals surface area contributed by atoms with Crippen LogP contribution in [0.15, 0.2) is 61.3 Å². The van der Waals surface area contributed by atoms with E-state index in [1.165, 1.54) is 41.9 Å². The van der Waals surface area contributed by atoms with E-state index in [2.05, 4.69) is 73.8 Å². The monoisotopic (exact) mass is 471 g/mol. The molecule has 2 N–H and O–H groups in total. The van der Waals surface area contributed by atoms with Gasteiger partial charge in [0.25, 0.3) is 0 Å². The Morgan fingerprint density at radius 1 is 1.06 bits per heavy atom. The lowest BCUT2D eigenvalue weighted by Gasteiger charge is -2.41. The van der Waals surface area contributed by atoms with E-state index in [0.29, 0.717) is 6.04 Å². The molecular weight excluding hydrogens is 438 g/mol. The molecule has 8 heteroatoms. The summed E-state index contributed by atoms with van der Waals surface area (Å²) < 4.78 is 1.94. The van der Waals surface area contributed by atoms with Crippen molar-refractivity contribution in [2.75, 3.05) is 36.4 Å². The number of anilines is 2. The highest BCUT2D eigenvalue weighted by atomic mass is 16.1. The number of unbranched alkanes of at least 4 members (excludes halogenated alkanes) is 1. The number of hydrogen-bond donors (Lipinski definition) is 2. The minimum absolute atomic E-state index is 0.0403. The van der Waals surface area contributed by atoms with E-state index in [1.807, 2.05) is 16.7 Å². The van der Waals surface area contributed by atoms with Crippen LogP contribution >= 0.6 is 0 Å². The van der Waals surface area contributed by atoms with Crippen molar-refractivity contribution in [2.24, 2.45) is 0 Å². The average Bonchev–Trinajstić information content (AvgIpc) is 3.53. The van der Waals surface area contributed by atoms with Crippen molar-refractivity contribution in [1.29, 1.82) is 0 Å². The zero-order valence-corrected chi connectivity index (χ0v) is 20.4. The first-order chi connectivity index (χ1) is 17.1. The van der Waals surface area contributed by atoms with E-state index in [-0.39, 0.29) is 5.91 Å². The Morgan fingerprint density at radius 3 is 2.57 bits per heavy atom. The number of nitrogens with zero attached hydrogens (tertiary/aromatic N) is 5. The number of hydrogen-bond acceptors (Lipinski definition) is 5. The third-order valence-electron chi connectivity index (χ3n) is 6.93. The van der Waals surface area contributed by atoms with Gasteiger partial charge in [0, 0.05) is 66.8 Å². The van der Waals surface area contributed by atoms with Crippen LogP contribution in [0.1, 0.15) is 32.3 Å². The number of amides is 1. The fourth-order valence-corrected chi connectivity index (χ4v) is 5.02. The van der Waals surface area contributed by atoms with Gasteiger partial charge in [-0.15, -0.1) is 10.2 Å². The molecule has 2 aromatic carbocycles. The number of rotatable bonds is 8. The molecule has 3 heterocycles. The van der Waals surface area contributed by atoms with Crippen molar-refractivity contribution >= 4 is 28.2 Å². The normalized spacial score (nSPS) is 16.6. The minimum atomic E-state index is -0.0403. The summed E-state index contributed by atoms with van der Waals surface area (Å²) in [6.07, 6.45) is 9.04. The molecule has 0 aliphatic carbocycles. The van der Waals surface area contributed by atoms with Crippen LogP contribution in [-0.4, -0.2) is 62.8 Å². The molecule has 1 amide bonds. The van der Waals surface area contributed by atoms with E-state index in [0.717, 1.165) is 44.0 Å². The van der Waals surface area contributed by atoms with Gasteiger partial charge in [-0.25, -0.2) is 0 Å². The fraction of sp³-hybridized carbons (Fsp3) is 0.370. The van der Waals surface area contributed by atoms with Crippen LogP contribution in [0.25, 0.3) is 16.6 Å². The zero-order valence-electron chi connectivity index (χ0n) is 20.4. The number of carbonyl (C=O) groups is 1. The van der Waals surface area contributed by atoms with Crippen LogP contribution in [0.5, 0.6) is 0 Å². The minimum Gasteiger partial charge on any atom is -0.369 e. The van der Waals surface area contributed by atoms with E-state index in [9.17, 15) is 4.79 Å². The van der Waals surface area contributed by atoms with Crippen molar-refractivity contribution in [3.8, 4) is 5.69 Å². The van der Waals surface area contributed by atoms with Gasteiger partial charge in [-0.1, -0.05) is 0 Å². The number of H-pyrrole nitrogens is 1. The number of aryl methyl sites for hydroxylation is 1. The van der Waals surface area contributed by atoms with E-state index >= 15 is 0 Å². The molecule has 1 atom stereocenters. The molecule has 1 aliphatic heterocycles. The molecule has 1 unspecified atom stereocenters. The maximum Gasteiger partial charge on any atom is 0.221 e. The highest BCUT2D eigenvalue weighted by Gasteiger charge is 2.23. The summed E-state index contributed by atoms with van der Waals surface area (Å²) in [5, 5.41) is 12.0. The van der Waals surface area contributed by atoms with Crippen LogP contribution in [0.3, 0.4) is 0 Å². The molecule has 1 aliphatic rings. The van der Waals surface area contributed by atoms with Crippen molar-refractivity contribution < 1.29 is 4.79 Å². The molecule has 4 aromatic rings. The largest absolute Gasteiger partial charge is 0.369 e. The predicted octanol–water partition coefficient (Wildman–Crippen LogP) is 4.24. The number of benzene rings is 2. The lowest BCUT2D eigenvalue weighted by molar-refractivity contribution is -0.114. The Morgan fingerprint density at radius 2 is 1.83 bits per heavy atom. The summed E-state index contributed by atoms with van der Waals surface area (Å²) in [7, 11) is 0. The SMILES string of the molecule is CC(=O)Nc1ccc(N2CCN(CCCCc3c[nH]c4ccc(-n5cnnc5)cc34)C(C)C2)cc1. The van der Waals surface area contributed by atoms with Gasteiger partial charge in [0.1, 0.15) is 12.7 Å². The van der Waals surface area contributed by atoms with Crippen LogP contribution < -0.4 is 10.2 Å². The van der Waals surface area contributed by atoms with Crippen molar-refractivity contribution in [3.63, 3.8) is 0 Å². The topological polar surface area (TPSA) is 82.1 Å². The van der Waals surface area contributed by atoms with Gasteiger partial charge in [-0.05, 0) is 80.8 Å². The van der Waals surface area contributed by atoms with Crippen molar-refractivity contribution in [3.05, 3.63) is 66.9 Å². The number of aromatic nitrogens is 4. The number of aromatic amines is 1. The average molecular weight is 472 g/mol. The quantitative estimate of drug-likeness (QED) is 0.376. The Balaban J connectivity index is 1.11. The van der Waals surface area contributed by atoms with Gasteiger partial charge in [-0.2, -0.15) is 0 Å². The van der Waals surface area contributed by atoms with Crippen LogP contribution in [0.2, 0.25) is 0 Å². The Bertz CT molecular complexity index is 1260. The first-order valence-corrected chi connectivity index (χ1v) is 12.4. The lowest BCUT2D eigenvalue weighted by atomic mass is 10.1. The third-order valence-corrected chi connectivity index (χ3v) is 6.93. The Hall–Kier alpha value is -3.65. The van der Waals surface area contributed by atoms with E-state index in [4.69, 9.17) is 0 Å². The molecule has 5 rings (SSSR count). The molecule has 0 saturated carbocycles. The van der Waals surface area contributed by atoms with Crippen LogP contribution in [0.4, 0.5) is 11.4 Å². The molecule has 1 fully saturated rings. The second-order valence-electron chi connectivity index (χ2n) is 9.43. The highest BCUT2D eigenvalue weighted by Crippen LogP contribution is 2.24. The fourth-order valence-electron chi connectivity index (χ4n) is 5.02. The molecule has 35 heavy (non-hydrogen) atoms. The second kappa shape index (κ2) is 10.3. The molecule has 182 valence electrons. The van der Waals surface area contributed by atoms with Gasteiger partial charge >= 0.3 is 0 Å². The van der Waals surface area contributed by atoms with E-state index in [1.54, 1.807) is 12.7 Å². The predicted molar refractivity (Wildman–Crippen MR) is 140 cm³/mol. The van der Waals surface area contributed by atoms with Crippen molar-refractivity contribution in [2.45, 2.75) is 39.2 Å². The standard InChI is InChI=1S/C27H33N7O/c1-20-17-33(24-8-6-23(7-9-24)31-21(2)35)14-13-32(20)12-4-3-5-22-16-28-27-11-10-25(15-26(22)27)34-18-29-30-19-34/h6-11,15-16,18-20,28H,3-5,12-14,17H2,1-2H3,(H,31,35). The smallest absolute Gasteiger partial charge is 0.221 e. The Labute approximate surface area is 206 Å². The number of carbonyl (C=O) groups excluding carboxylic acids is 1. The third kappa shape index (κ3) is 5.38. The summed E-state index contributed by atoms with van der Waals surface area (Å²) in [5.74, 6) is -0.0403. The molecule has 0 spiro atoms.